The van der Waals surface area contributed by atoms with Crippen molar-refractivity contribution in [3.8, 4) is 0 Å². The third kappa shape index (κ3) is 1.50. The van der Waals surface area contributed by atoms with Crippen LogP contribution in [0.3, 0.4) is 0 Å². The van der Waals surface area contributed by atoms with Crippen molar-refractivity contribution in [2.45, 2.75) is 38.3 Å². The van der Waals surface area contributed by atoms with Crippen molar-refractivity contribution in [1.82, 2.24) is 5.32 Å². The molecule has 1 unspecified atom stereocenters. The number of likely N-dealkylation sites (N-methyl/N-ethyl adjacent to an activating group) is 1. The van der Waals surface area contributed by atoms with E-state index in [2.05, 4.69) is 5.32 Å². The van der Waals surface area contributed by atoms with Crippen molar-refractivity contribution >= 4 is 0 Å². The molecule has 0 spiro atoms. The summed E-state index contributed by atoms with van der Waals surface area (Å²) in [6, 6.07) is 0.255. The van der Waals surface area contributed by atoms with Crippen LogP contribution in [-0.2, 0) is 0 Å². The molecule has 0 aliphatic heterocycles. The highest BCUT2D eigenvalue weighted by Gasteiger charge is 2.28. The quantitative estimate of drug-likeness (QED) is 0.611. The van der Waals surface area contributed by atoms with Crippen LogP contribution in [0.4, 0.5) is 0 Å². The second kappa shape index (κ2) is 3.35. The first-order valence-corrected chi connectivity index (χ1v) is 4.11. The zero-order chi connectivity index (χ0) is 7.56. The lowest BCUT2D eigenvalue weighted by molar-refractivity contribution is 0.0381. The van der Waals surface area contributed by atoms with Crippen LogP contribution in [0.5, 0.6) is 0 Å². The average Bonchev–Trinajstić information content (AvgIpc) is 1.82. The molecule has 1 saturated carbocycles. The van der Waals surface area contributed by atoms with Crippen molar-refractivity contribution in [2.75, 3.05) is 7.05 Å². The molecule has 0 aromatic heterocycles. The Balaban J connectivity index is 2.24. The Bertz CT molecular complexity index is 96.7. The second-order valence-electron chi connectivity index (χ2n) is 3.26. The summed E-state index contributed by atoms with van der Waals surface area (Å²) in [7, 11) is 1.90. The first kappa shape index (κ1) is 8.02. The Morgan fingerprint density at radius 3 is 2.40 bits per heavy atom. The van der Waals surface area contributed by atoms with Gasteiger partial charge in [0.1, 0.15) is 0 Å². The molecule has 1 aliphatic carbocycles. The zero-order valence-corrected chi connectivity index (χ0v) is 6.80. The summed E-state index contributed by atoms with van der Waals surface area (Å²) >= 11 is 0. The highest BCUT2D eigenvalue weighted by molar-refractivity contribution is 4.82. The van der Waals surface area contributed by atoms with Gasteiger partial charge in [-0.25, -0.2) is 0 Å². The molecule has 0 bridgehead atoms. The van der Waals surface area contributed by atoms with Gasteiger partial charge in [0.05, 0.1) is 6.10 Å². The summed E-state index contributed by atoms with van der Waals surface area (Å²) in [6.07, 6.45) is 3.61. The molecule has 10 heavy (non-hydrogen) atoms. The Labute approximate surface area is 62.6 Å². The van der Waals surface area contributed by atoms with Crippen LogP contribution in [0.15, 0.2) is 0 Å². The number of hydrogen-bond donors (Lipinski definition) is 2. The maximum atomic E-state index is 9.57. The third-order valence-electron chi connectivity index (χ3n) is 2.60. The fourth-order valence-corrected chi connectivity index (χ4v) is 1.36. The lowest BCUT2D eigenvalue weighted by Crippen LogP contribution is -2.42. The van der Waals surface area contributed by atoms with Gasteiger partial charge in [0.2, 0.25) is 0 Å². The lowest BCUT2D eigenvalue weighted by atomic mass is 9.79. The number of aliphatic hydroxyl groups is 1. The van der Waals surface area contributed by atoms with Crippen molar-refractivity contribution in [3.05, 3.63) is 0 Å². The first-order valence-electron chi connectivity index (χ1n) is 4.11. The fraction of sp³-hybridized carbons (Fsp3) is 1.00. The van der Waals surface area contributed by atoms with Crippen LogP contribution >= 0.6 is 0 Å². The maximum Gasteiger partial charge on any atom is 0.0718 e. The zero-order valence-electron chi connectivity index (χ0n) is 6.80. The van der Waals surface area contributed by atoms with Gasteiger partial charge in [-0.1, -0.05) is 6.42 Å². The molecule has 2 heteroatoms. The molecule has 0 amide bonds. The Morgan fingerprint density at radius 1 is 1.50 bits per heavy atom. The third-order valence-corrected chi connectivity index (χ3v) is 2.60. The molecule has 1 rings (SSSR count). The highest BCUT2D eigenvalue weighted by Crippen LogP contribution is 2.30. The minimum Gasteiger partial charge on any atom is -0.391 e. The highest BCUT2D eigenvalue weighted by atomic mass is 16.3. The van der Waals surface area contributed by atoms with Crippen LogP contribution in [0.2, 0.25) is 0 Å². The van der Waals surface area contributed by atoms with Gasteiger partial charge >= 0.3 is 0 Å². The van der Waals surface area contributed by atoms with Crippen LogP contribution in [0.25, 0.3) is 0 Å². The summed E-state index contributed by atoms with van der Waals surface area (Å²) in [6.45, 7) is 2.03. The van der Waals surface area contributed by atoms with E-state index in [0.29, 0.717) is 5.92 Å². The average molecular weight is 143 g/mol. The Morgan fingerprint density at radius 2 is 2.10 bits per heavy atom. The van der Waals surface area contributed by atoms with Gasteiger partial charge in [-0.05, 0) is 32.7 Å². The topological polar surface area (TPSA) is 32.3 Å². The van der Waals surface area contributed by atoms with Gasteiger partial charge in [-0.3, -0.25) is 0 Å². The van der Waals surface area contributed by atoms with E-state index in [1.165, 1.54) is 19.3 Å². The monoisotopic (exact) mass is 143 g/mol. The summed E-state index contributed by atoms with van der Waals surface area (Å²) in [4.78, 5) is 0. The van der Waals surface area contributed by atoms with Crippen LogP contribution in [0.1, 0.15) is 26.2 Å². The molecule has 1 aliphatic rings. The smallest absolute Gasteiger partial charge is 0.0718 e. The van der Waals surface area contributed by atoms with Gasteiger partial charge in [0.25, 0.3) is 0 Å². The van der Waals surface area contributed by atoms with E-state index in [-0.39, 0.29) is 12.1 Å². The van der Waals surface area contributed by atoms with Crippen LogP contribution in [-0.4, -0.2) is 24.3 Å². The van der Waals surface area contributed by atoms with E-state index in [0.717, 1.165) is 0 Å². The largest absolute Gasteiger partial charge is 0.391 e. The van der Waals surface area contributed by atoms with Crippen LogP contribution in [0, 0.1) is 5.92 Å². The number of rotatable bonds is 3. The molecular weight excluding hydrogens is 126 g/mol. The van der Waals surface area contributed by atoms with E-state index >= 15 is 0 Å². The molecule has 0 radical (unpaired) electrons. The molecule has 0 aromatic carbocycles. The van der Waals surface area contributed by atoms with Gasteiger partial charge in [0.15, 0.2) is 0 Å². The number of nitrogens with one attached hydrogen (secondary N) is 1. The van der Waals surface area contributed by atoms with Gasteiger partial charge in [-0.15, -0.1) is 0 Å². The van der Waals surface area contributed by atoms with Crippen molar-refractivity contribution in [3.63, 3.8) is 0 Å². The maximum absolute atomic E-state index is 9.57. The molecule has 0 heterocycles. The normalized spacial score (nSPS) is 25.5. The summed E-state index contributed by atoms with van der Waals surface area (Å²) < 4.78 is 0. The lowest BCUT2D eigenvalue weighted by Gasteiger charge is -2.33. The van der Waals surface area contributed by atoms with E-state index in [1.807, 2.05) is 14.0 Å². The minimum atomic E-state index is -0.126. The van der Waals surface area contributed by atoms with Crippen molar-refractivity contribution in [1.29, 1.82) is 0 Å². The first-order chi connectivity index (χ1) is 4.75. The summed E-state index contributed by atoms with van der Waals surface area (Å²) in [5.74, 6) is 0.572. The Kier molecular flexibility index (Phi) is 2.69. The van der Waals surface area contributed by atoms with Crippen LogP contribution < -0.4 is 5.32 Å². The predicted molar refractivity (Wildman–Crippen MR) is 41.9 cm³/mol. The predicted octanol–water partition coefficient (Wildman–Crippen LogP) is 0.755. The molecular formula is C8H17NO. The second-order valence-corrected chi connectivity index (χ2v) is 3.26. The molecule has 60 valence electrons. The Hall–Kier alpha value is -0.0800. The molecule has 0 aromatic rings. The SMILES string of the molecule is CN[C@@H](C)C(O)C1CCC1. The number of aliphatic hydroxyl groups excluding tert-OH is 1. The molecule has 2 N–H and O–H groups in total. The van der Waals surface area contributed by atoms with Gasteiger partial charge in [0, 0.05) is 6.04 Å². The van der Waals surface area contributed by atoms with E-state index < -0.39 is 0 Å². The standard InChI is InChI=1S/C8H17NO/c1-6(9-2)8(10)7-4-3-5-7/h6-10H,3-5H2,1-2H3/t6-,8?/m0/s1. The minimum absolute atomic E-state index is 0.126. The molecule has 1 fully saturated rings. The van der Waals surface area contributed by atoms with Gasteiger partial charge < -0.3 is 10.4 Å². The summed E-state index contributed by atoms with van der Waals surface area (Å²) in [5.41, 5.74) is 0. The van der Waals surface area contributed by atoms with E-state index in [1.54, 1.807) is 0 Å². The fourth-order valence-electron chi connectivity index (χ4n) is 1.36. The number of hydrogen-bond acceptors (Lipinski definition) is 2. The van der Waals surface area contributed by atoms with Crippen molar-refractivity contribution in [2.24, 2.45) is 5.92 Å². The molecule has 0 saturated heterocycles. The van der Waals surface area contributed by atoms with E-state index in [4.69, 9.17) is 0 Å². The van der Waals surface area contributed by atoms with Gasteiger partial charge in [-0.2, -0.15) is 0 Å². The summed E-state index contributed by atoms with van der Waals surface area (Å²) in [5, 5.41) is 12.6. The molecule has 2 atom stereocenters. The van der Waals surface area contributed by atoms with E-state index in [9.17, 15) is 5.11 Å². The molecule has 2 nitrogen and oxygen atoms in total. The van der Waals surface area contributed by atoms with Crippen molar-refractivity contribution < 1.29 is 5.11 Å².